The van der Waals surface area contributed by atoms with Crippen molar-refractivity contribution in [1.82, 2.24) is 4.90 Å². The molecule has 1 fully saturated rings. The molecule has 4 nitrogen and oxygen atoms in total. The highest BCUT2D eigenvalue weighted by Gasteiger charge is 2.24. The molecule has 0 N–H and O–H groups in total. The molecular weight excluding hydrogens is 308 g/mol. The zero-order valence-electron chi connectivity index (χ0n) is 12.8. The van der Waals surface area contributed by atoms with Crippen LogP contribution in [0, 0.1) is 11.3 Å². The Morgan fingerprint density at radius 2 is 2.30 bits per heavy atom. The summed E-state index contributed by atoms with van der Waals surface area (Å²) in [4.78, 5) is 15.9. The normalized spacial score (nSPS) is 16.9. The van der Waals surface area contributed by atoms with E-state index in [4.69, 9.17) is 10.00 Å². The Morgan fingerprint density at radius 1 is 1.39 bits per heavy atom. The molecule has 1 aliphatic heterocycles. The van der Waals surface area contributed by atoms with Gasteiger partial charge in [-0.25, -0.2) is 0 Å². The van der Waals surface area contributed by atoms with Gasteiger partial charge in [-0.3, -0.25) is 4.79 Å². The zero-order chi connectivity index (χ0) is 16.1. The first kappa shape index (κ1) is 15.7. The summed E-state index contributed by atoms with van der Waals surface area (Å²) in [6, 6.07) is 13.0. The van der Waals surface area contributed by atoms with Crippen LogP contribution in [0.2, 0.25) is 0 Å². The van der Waals surface area contributed by atoms with Crippen LogP contribution in [0.3, 0.4) is 0 Å². The minimum atomic E-state index is -0.0500. The van der Waals surface area contributed by atoms with Crippen LogP contribution in [0.15, 0.2) is 41.8 Å². The number of nitriles is 1. The second kappa shape index (κ2) is 7.40. The number of nitrogens with zero attached hydrogens (tertiary/aromatic N) is 2. The lowest BCUT2D eigenvalue weighted by Gasteiger charge is -2.25. The number of carbonyl (C=O) groups is 1. The Bertz CT molecular complexity index is 700. The first-order valence-corrected chi connectivity index (χ1v) is 8.57. The third-order valence-corrected chi connectivity index (χ3v) is 4.76. The van der Waals surface area contributed by atoms with E-state index >= 15 is 0 Å². The van der Waals surface area contributed by atoms with Gasteiger partial charge in [-0.05, 0) is 42.5 Å². The number of hydrogen-bond acceptors (Lipinski definition) is 4. The van der Waals surface area contributed by atoms with Crippen molar-refractivity contribution in [1.29, 1.82) is 5.26 Å². The Kier molecular flexibility index (Phi) is 5.06. The first-order chi connectivity index (χ1) is 11.3. The summed E-state index contributed by atoms with van der Waals surface area (Å²) >= 11 is 1.64. The molecule has 118 valence electrons. The van der Waals surface area contributed by atoms with Crippen molar-refractivity contribution >= 4 is 17.2 Å². The highest BCUT2D eigenvalue weighted by Crippen LogP contribution is 2.19. The second-order valence-electron chi connectivity index (χ2n) is 5.59. The molecule has 23 heavy (non-hydrogen) atoms. The lowest BCUT2D eigenvalue weighted by Crippen LogP contribution is -2.36. The molecule has 1 saturated heterocycles. The van der Waals surface area contributed by atoms with Crippen LogP contribution < -0.4 is 0 Å². The number of thiophene rings is 1. The van der Waals surface area contributed by atoms with Crippen molar-refractivity contribution in [3.8, 4) is 6.07 Å². The predicted molar refractivity (Wildman–Crippen MR) is 89.2 cm³/mol. The van der Waals surface area contributed by atoms with E-state index in [1.54, 1.807) is 35.6 Å². The molecular formula is C18H18N2O2S. The van der Waals surface area contributed by atoms with Crippen molar-refractivity contribution < 1.29 is 9.53 Å². The van der Waals surface area contributed by atoms with Crippen molar-refractivity contribution in [2.24, 2.45) is 0 Å². The smallest absolute Gasteiger partial charge is 0.254 e. The summed E-state index contributed by atoms with van der Waals surface area (Å²) in [5.41, 5.74) is 1.06. The standard InChI is InChI=1S/C18H18N2O2S/c19-11-14-4-1-5-15(10-14)18(21)20(12-16-6-2-8-22-16)13-17-7-3-9-23-17/h1,3-5,7,9-10,16H,2,6,8,12-13H2. The maximum Gasteiger partial charge on any atom is 0.254 e. The molecule has 1 aromatic heterocycles. The molecule has 0 saturated carbocycles. The van der Waals surface area contributed by atoms with Gasteiger partial charge in [0.2, 0.25) is 0 Å². The van der Waals surface area contributed by atoms with Gasteiger partial charge in [0, 0.05) is 23.6 Å². The monoisotopic (exact) mass is 326 g/mol. The minimum Gasteiger partial charge on any atom is -0.376 e. The number of amides is 1. The largest absolute Gasteiger partial charge is 0.376 e. The fourth-order valence-corrected chi connectivity index (χ4v) is 3.47. The summed E-state index contributed by atoms with van der Waals surface area (Å²) in [5.74, 6) is -0.0500. The van der Waals surface area contributed by atoms with Gasteiger partial charge in [-0.15, -0.1) is 11.3 Å². The van der Waals surface area contributed by atoms with Gasteiger partial charge >= 0.3 is 0 Å². The van der Waals surface area contributed by atoms with E-state index in [1.165, 1.54) is 0 Å². The Labute approximate surface area is 139 Å². The summed E-state index contributed by atoms with van der Waals surface area (Å²) in [6.07, 6.45) is 2.15. The minimum absolute atomic E-state index is 0.0500. The average molecular weight is 326 g/mol. The molecule has 0 radical (unpaired) electrons. The van der Waals surface area contributed by atoms with E-state index in [1.807, 2.05) is 22.4 Å². The predicted octanol–water partition coefficient (Wildman–Crippen LogP) is 3.44. The summed E-state index contributed by atoms with van der Waals surface area (Å²) in [6.45, 7) is 1.94. The van der Waals surface area contributed by atoms with E-state index in [9.17, 15) is 4.79 Å². The van der Waals surface area contributed by atoms with Crippen LogP contribution in [0.1, 0.15) is 33.6 Å². The third kappa shape index (κ3) is 3.98. The molecule has 2 aromatic rings. The van der Waals surface area contributed by atoms with E-state index < -0.39 is 0 Å². The van der Waals surface area contributed by atoms with Crippen molar-refractivity contribution in [3.05, 3.63) is 57.8 Å². The number of rotatable bonds is 5. The maximum absolute atomic E-state index is 12.9. The summed E-state index contributed by atoms with van der Waals surface area (Å²) < 4.78 is 5.69. The quantitative estimate of drug-likeness (QED) is 0.846. The average Bonchev–Trinajstić information content (AvgIpc) is 3.27. The molecule has 3 rings (SSSR count). The van der Waals surface area contributed by atoms with Crippen LogP contribution in [-0.2, 0) is 11.3 Å². The maximum atomic E-state index is 12.9. The topological polar surface area (TPSA) is 53.3 Å². The van der Waals surface area contributed by atoms with Crippen LogP contribution in [-0.4, -0.2) is 30.1 Å². The molecule has 0 bridgehead atoms. The fourth-order valence-electron chi connectivity index (χ4n) is 2.75. The van der Waals surface area contributed by atoms with Gasteiger partial charge in [0.25, 0.3) is 5.91 Å². The van der Waals surface area contributed by atoms with Gasteiger partial charge in [0.15, 0.2) is 0 Å². The van der Waals surface area contributed by atoms with E-state index in [0.29, 0.717) is 24.2 Å². The van der Waals surface area contributed by atoms with Crippen LogP contribution in [0.4, 0.5) is 0 Å². The van der Waals surface area contributed by atoms with Crippen molar-refractivity contribution in [3.63, 3.8) is 0 Å². The third-order valence-electron chi connectivity index (χ3n) is 3.90. The highest BCUT2D eigenvalue weighted by molar-refractivity contribution is 7.09. The molecule has 2 heterocycles. The Balaban J connectivity index is 1.80. The van der Waals surface area contributed by atoms with E-state index in [0.717, 1.165) is 24.3 Å². The first-order valence-electron chi connectivity index (χ1n) is 7.69. The summed E-state index contributed by atoms with van der Waals surface area (Å²) in [5, 5.41) is 11.0. The summed E-state index contributed by atoms with van der Waals surface area (Å²) in [7, 11) is 0. The van der Waals surface area contributed by atoms with Crippen molar-refractivity contribution in [2.75, 3.05) is 13.2 Å². The molecule has 0 aliphatic carbocycles. The van der Waals surface area contributed by atoms with Gasteiger partial charge < -0.3 is 9.64 Å². The lowest BCUT2D eigenvalue weighted by molar-refractivity contribution is 0.0509. The van der Waals surface area contributed by atoms with Gasteiger partial charge in [0.1, 0.15) is 0 Å². The zero-order valence-corrected chi connectivity index (χ0v) is 13.6. The van der Waals surface area contributed by atoms with E-state index in [2.05, 4.69) is 6.07 Å². The van der Waals surface area contributed by atoms with Crippen molar-refractivity contribution in [2.45, 2.75) is 25.5 Å². The molecule has 0 spiro atoms. The lowest BCUT2D eigenvalue weighted by atomic mass is 10.1. The van der Waals surface area contributed by atoms with E-state index in [-0.39, 0.29) is 12.0 Å². The number of hydrogen-bond donors (Lipinski definition) is 0. The Morgan fingerprint density at radius 3 is 3.00 bits per heavy atom. The molecule has 1 amide bonds. The number of ether oxygens (including phenoxy) is 1. The fraction of sp³-hybridized carbons (Fsp3) is 0.333. The SMILES string of the molecule is N#Cc1cccc(C(=O)N(Cc2cccs2)CC2CCCO2)c1. The molecule has 1 aromatic carbocycles. The highest BCUT2D eigenvalue weighted by atomic mass is 32.1. The molecule has 5 heteroatoms. The Hall–Kier alpha value is -2.16. The van der Waals surface area contributed by atoms with Gasteiger partial charge in [-0.2, -0.15) is 5.26 Å². The number of benzene rings is 1. The molecule has 1 unspecified atom stereocenters. The van der Waals surface area contributed by atoms with Crippen LogP contribution in [0.25, 0.3) is 0 Å². The number of carbonyl (C=O) groups excluding carboxylic acids is 1. The second-order valence-corrected chi connectivity index (χ2v) is 6.62. The molecule has 1 atom stereocenters. The van der Waals surface area contributed by atoms with Gasteiger partial charge in [0.05, 0.1) is 24.3 Å². The molecule has 1 aliphatic rings. The van der Waals surface area contributed by atoms with Crippen LogP contribution >= 0.6 is 11.3 Å². The van der Waals surface area contributed by atoms with Gasteiger partial charge in [-0.1, -0.05) is 12.1 Å². The van der Waals surface area contributed by atoms with Crippen LogP contribution in [0.5, 0.6) is 0 Å².